The van der Waals surface area contributed by atoms with E-state index in [2.05, 4.69) is 42.3 Å². The lowest BCUT2D eigenvalue weighted by Gasteiger charge is -2.22. The lowest BCUT2D eigenvalue weighted by Crippen LogP contribution is -2.14. The molecule has 0 spiro atoms. The first-order valence-corrected chi connectivity index (χ1v) is 7.04. The highest BCUT2D eigenvalue weighted by Gasteiger charge is 2.15. The molecule has 1 N–H and O–H groups in total. The number of aromatic nitrogens is 1. The standard InChI is InChI=1S/C15H17Cl2N3/c1-9-5-6-13(10(2)7-9)20(4)15-12(17)8-11(16)14(18-3)19-15/h5-8H,1-4H3,(H,18,19). The van der Waals surface area contributed by atoms with E-state index < -0.39 is 0 Å². The van der Waals surface area contributed by atoms with Crippen LogP contribution in [0.4, 0.5) is 17.3 Å². The Morgan fingerprint density at radius 2 is 1.80 bits per heavy atom. The molecule has 1 heterocycles. The second kappa shape index (κ2) is 5.90. The summed E-state index contributed by atoms with van der Waals surface area (Å²) in [6.45, 7) is 4.14. The molecule has 20 heavy (non-hydrogen) atoms. The van der Waals surface area contributed by atoms with Crippen LogP contribution in [0.5, 0.6) is 0 Å². The average molecular weight is 310 g/mol. The summed E-state index contributed by atoms with van der Waals surface area (Å²) < 4.78 is 0. The summed E-state index contributed by atoms with van der Waals surface area (Å²) in [5.74, 6) is 1.29. The molecule has 0 saturated carbocycles. The molecular weight excluding hydrogens is 293 g/mol. The molecule has 0 bridgehead atoms. The predicted octanol–water partition coefficient (Wildman–Crippen LogP) is 4.81. The molecule has 2 aromatic rings. The number of anilines is 3. The number of nitrogens with one attached hydrogen (secondary N) is 1. The smallest absolute Gasteiger partial charge is 0.154 e. The Morgan fingerprint density at radius 3 is 2.40 bits per heavy atom. The minimum absolute atomic E-state index is 0.510. The number of hydrogen-bond donors (Lipinski definition) is 1. The Hall–Kier alpha value is -1.45. The Balaban J connectivity index is 2.50. The first kappa shape index (κ1) is 14.9. The van der Waals surface area contributed by atoms with Crippen LogP contribution in [-0.4, -0.2) is 19.1 Å². The molecule has 0 aliphatic carbocycles. The van der Waals surface area contributed by atoms with E-state index >= 15 is 0 Å². The molecule has 0 radical (unpaired) electrons. The van der Waals surface area contributed by atoms with Gasteiger partial charge in [0.25, 0.3) is 0 Å². The molecule has 0 aliphatic rings. The largest absolute Gasteiger partial charge is 0.372 e. The molecule has 0 fully saturated rings. The van der Waals surface area contributed by atoms with Crippen molar-refractivity contribution in [3.63, 3.8) is 0 Å². The first-order valence-electron chi connectivity index (χ1n) is 6.28. The highest BCUT2D eigenvalue weighted by Crippen LogP contribution is 2.35. The van der Waals surface area contributed by atoms with E-state index in [1.165, 1.54) is 11.1 Å². The van der Waals surface area contributed by atoms with Crippen molar-refractivity contribution in [1.29, 1.82) is 0 Å². The van der Waals surface area contributed by atoms with E-state index in [4.69, 9.17) is 23.2 Å². The van der Waals surface area contributed by atoms with E-state index in [-0.39, 0.29) is 0 Å². The van der Waals surface area contributed by atoms with Gasteiger partial charge in [0.2, 0.25) is 0 Å². The van der Waals surface area contributed by atoms with Crippen molar-refractivity contribution in [2.45, 2.75) is 13.8 Å². The summed E-state index contributed by atoms with van der Waals surface area (Å²) in [6, 6.07) is 7.98. The van der Waals surface area contributed by atoms with E-state index in [1.54, 1.807) is 13.1 Å². The van der Waals surface area contributed by atoms with Crippen LogP contribution in [0.2, 0.25) is 10.0 Å². The van der Waals surface area contributed by atoms with Gasteiger partial charge in [0.05, 0.1) is 10.0 Å². The zero-order valence-corrected chi connectivity index (χ0v) is 13.5. The summed E-state index contributed by atoms with van der Waals surface area (Å²) in [6.07, 6.45) is 0. The second-order valence-electron chi connectivity index (χ2n) is 4.72. The molecule has 106 valence electrons. The third-order valence-corrected chi connectivity index (χ3v) is 3.75. The van der Waals surface area contributed by atoms with E-state index in [1.807, 2.05) is 11.9 Å². The number of aryl methyl sites for hydroxylation is 2. The van der Waals surface area contributed by atoms with Gasteiger partial charge < -0.3 is 10.2 Å². The monoisotopic (exact) mass is 309 g/mol. The summed E-state index contributed by atoms with van der Waals surface area (Å²) in [7, 11) is 3.72. The topological polar surface area (TPSA) is 28.2 Å². The van der Waals surface area contributed by atoms with Gasteiger partial charge in [-0.05, 0) is 31.5 Å². The molecule has 0 amide bonds. The van der Waals surface area contributed by atoms with Crippen LogP contribution < -0.4 is 10.2 Å². The van der Waals surface area contributed by atoms with Crippen LogP contribution in [0, 0.1) is 13.8 Å². The fraction of sp³-hybridized carbons (Fsp3) is 0.267. The number of pyridine rings is 1. The molecule has 0 atom stereocenters. The molecule has 3 nitrogen and oxygen atoms in total. The van der Waals surface area contributed by atoms with Crippen LogP contribution in [0.25, 0.3) is 0 Å². The minimum atomic E-state index is 0.510. The van der Waals surface area contributed by atoms with Crippen LogP contribution in [0.1, 0.15) is 11.1 Å². The van der Waals surface area contributed by atoms with Crippen molar-refractivity contribution >= 4 is 40.5 Å². The van der Waals surface area contributed by atoms with Crippen molar-refractivity contribution in [2.24, 2.45) is 0 Å². The minimum Gasteiger partial charge on any atom is -0.372 e. The first-order chi connectivity index (χ1) is 9.43. The number of hydrogen-bond acceptors (Lipinski definition) is 3. The van der Waals surface area contributed by atoms with Gasteiger partial charge in [0.1, 0.15) is 5.82 Å². The fourth-order valence-electron chi connectivity index (χ4n) is 2.16. The maximum Gasteiger partial charge on any atom is 0.154 e. The van der Waals surface area contributed by atoms with Gasteiger partial charge >= 0.3 is 0 Å². The number of benzene rings is 1. The number of nitrogens with zero attached hydrogens (tertiary/aromatic N) is 2. The molecule has 0 aliphatic heterocycles. The third kappa shape index (κ3) is 2.84. The quantitative estimate of drug-likeness (QED) is 0.881. The molecule has 1 aromatic heterocycles. The molecule has 0 unspecified atom stereocenters. The van der Waals surface area contributed by atoms with Gasteiger partial charge in [0.15, 0.2) is 5.82 Å². The van der Waals surface area contributed by atoms with Crippen molar-refractivity contribution in [3.05, 3.63) is 45.4 Å². The van der Waals surface area contributed by atoms with Crippen molar-refractivity contribution < 1.29 is 0 Å². The van der Waals surface area contributed by atoms with Gasteiger partial charge in [-0.15, -0.1) is 0 Å². The van der Waals surface area contributed by atoms with E-state index in [0.29, 0.717) is 21.7 Å². The molecule has 5 heteroatoms. The highest BCUT2D eigenvalue weighted by atomic mass is 35.5. The normalized spacial score (nSPS) is 10.5. The third-order valence-electron chi connectivity index (χ3n) is 3.18. The van der Waals surface area contributed by atoms with Crippen molar-refractivity contribution in [3.8, 4) is 0 Å². The Morgan fingerprint density at radius 1 is 1.10 bits per heavy atom. The van der Waals surface area contributed by atoms with E-state index in [0.717, 1.165) is 5.69 Å². The second-order valence-corrected chi connectivity index (χ2v) is 5.54. The SMILES string of the molecule is CNc1nc(N(C)c2ccc(C)cc2C)c(Cl)cc1Cl. The van der Waals surface area contributed by atoms with Gasteiger partial charge in [0, 0.05) is 19.8 Å². The lowest BCUT2D eigenvalue weighted by molar-refractivity contribution is 1.11. The molecular formula is C15H17Cl2N3. The average Bonchev–Trinajstić information content (AvgIpc) is 2.38. The Bertz CT molecular complexity index is 641. The van der Waals surface area contributed by atoms with Gasteiger partial charge in [-0.3, -0.25) is 0 Å². The van der Waals surface area contributed by atoms with Gasteiger partial charge in [-0.1, -0.05) is 40.9 Å². The summed E-state index contributed by atoms with van der Waals surface area (Å²) in [4.78, 5) is 6.45. The lowest BCUT2D eigenvalue weighted by atomic mass is 10.1. The van der Waals surface area contributed by atoms with Crippen molar-refractivity contribution in [2.75, 3.05) is 24.3 Å². The molecule has 1 aromatic carbocycles. The van der Waals surface area contributed by atoms with Crippen LogP contribution >= 0.6 is 23.2 Å². The maximum atomic E-state index is 6.27. The Labute approximate surface area is 129 Å². The van der Waals surface area contributed by atoms with Crippen LogP contribution in [0.3, 0.4) is 0 Å². The zero-order valence-electron chi connectivity index (χ0n) is 12.0. The summed E-state index contributed by atoms with van der Waals surface area (Å²) in [5.41, 5.74) is 3.46. The number of halogens is 2. The Kier molecular flexibility index (Phi) is 4.41. The van der Waals surface area contributed by atoms with E-state index in [9.17, 15) is 0 Å². The van der Waals surface area contributed by atoms with Gasteiger partial charge in [-0.25, -0.2) is 4.98 Å². The fourth-order valence-corrected chi connectivity index (χ4v) is 2.74. The zero-order chi connectivity index (χ0) is 14.9. The highest BCUT2D eigenvalue weighted by molar-refractivity contribution is 6.37. The maximum absolute atomic E-state index is 6.27. The summed E-state index contributed by atoms with van der Waals surface area (Å²) in [5, 5.41) is 4.00. The molecule has 2 rings (SSSR count). The van der Waals surface area contributed by atoms with Gasteiger partial charge in [-0.2, -0.15) is 0 Å². The number of rotatable bonds is 3. The van der Waals surface area contributed by atoms with Crippen LogP contribution in [0.15, 0.2) is 24.3 Å². The molecule has 0 saturated heterocycles. The summed E-state index contributed by atoms with van der Waals surface area (Å²) >= 11 is 12.3. The van der Waals surface area contributed by atoms with Crippen LogP contribution in [-0.2, 0) is 0 Å². The van der Waals surface area contributed by atoms with Crippen molar-refractivity contribution in [1.82, 2.24) is 4.98 Å². The predicted molar refractivity (Wildman–Crippen MR) is 87.8 cm³/mol.